The molecule has 2 aromatic rings. The summed E-state index contributed by atoms with van der Waals surface area (Å²) in [5.74, 6) is -6.06. The first-order valence-corrected chi connectivity index (χ1v) is 14.3. The number of carbonyl (C=O) groups excluding carboxylic acids is 3. The van der Waals surface area contributed by atoms with Gasteiger partial charge in [-0.15, -0.1) is 0 Å². The zero-order valence-electron chi connectivity index (χ0n) is 24.6. The highest BCUT2D eigenvalue weighted by molar-refractivity contribution is 6.25. The average molecular weight is 587 g/mol. The van der Waals surface area contributed by atoms with Crippen molar-refractivity contribution in [3.05, 3.63) is 75.6 Å². The molecule has 1 saturated carbocycles. The minimum absolute atomic E-state index is 0.0824. The monoisotopic (exact) mass is 586 g/mol. The van der Waals surface area contributed by atoms with Crippen LogP contribution in [0.25, 0.3) is 17.4 Å². The summed E-state index contributed by atoms with van der Waals surface area (Å²) in [6.07, 6.45) is 0.687. The molecule has 0 radical (unpaired) electrons. The molecule has 1 heterocycles. The van der Waals surface area contributed by atoms with E-state index in [1.807, 2.05) is 18.2 Å². The molecule has 9 nitrogen and oxygen atoms in total. The van der Waals surface area contributed by atoms with Crippen LogP contribution in [0.4, 0.5) is 0 Å². The fraction of sp³-hybridized carbons (Fsp3) is 0.382. The normalized spacial score (nSPS) is 32.4. The maximum atomic E-state index is 14.7. The summed E-state index contributed by atoms with van der Waals surface area (Å²) in [5, 5.41) is 58.8. The van der Waals surface area contributed by atoms with Crippen LogP contribution in [0, 0.1) is 22.7 Å². The standard InChI is InChI=1S/C34H34O9/c1-15(2)25-27(37)23(16(3)35)29(39)34(42)30(40)26-28(38)24-19(7-6-8-21(24)36)20(32(26,4)31(41)33(25,34)5)14-17-9-10-22-18(13-17)11-12-43-22/h6-10,13-15,25,31,36,38-39,41-42H,11-12H2,1-5H3/b20-14+/t25?,31-,32+,33+,34+/m1/s1. The van der Waals surface area contributed by atoms with Gasteiger partial charge in [0.05, 0.1) is 29.3 Å². The molecule has 1 fully saturated rings. The molecule has 0 bridgehead atoms. The first-order valence-electron chi connectivity index (χ1n) is 14.3. The predicted molar refractivity (Wildman–Crippen MR) is 157 cm³/mol. The highest BCUT2D eigenvalue weighted by atomic mass is 16.5. The SMILES string of the molecule is CC(=O)C1=C(O)[C@]2(O)C(=O)C3=C(O)c4c(O)cccc4/C(=C\c4ccc5c(c4)CCO5)[C@]3(C)[C@@H](O)[C@]2(C)C(C(C)C)C1=O. The molecule has 2 aromatic carbocycles. The topological polar surface area (TPSA) is 162 Å². The maximum Gasteiger partial charge on any atom is 0.203 e. The number of Topliss-reactive ketones (excluding diaryl/α,β-unsaturated/α-hetero) is 3. The van der Waals surface area contributed by atoms with E-state index in [2.05, 4.69) is 0 Å². The van der Waals surface area contributed by atoms with Crippen molar-refractivity contribution in [1.29, 1.82) is 0 Å². The Hall–Kier alpha value is -4.21. The maximum absolute atomic E-state index is 14.7. The van der Waals surface area contributed by atoms with E-state index >= 15 is 0 Å². The van der Waals surface area contributed by atoms with Crippen LogP contribution in [0.3, 0.4) is 0 Å². The Morgan fingerprint density at radius 3 is 2.44 bits per heavy atom. The number of carbonyl (C=O) groups is 3. The largest absolute Gasteiger partial charge is 0.508 e. The molecule has 6 rings (SSSR count). The smallest absolute Gasteiger partial charge is 0.203 e. The van der Waals surface area contributed by atoms with Crippen molar-refractivity contribution in [2.24, 2.45) is 22.7 Å². The number of hydrogen-bond acceptors (Lipinski definition) is 9. The molecule has 5 N–H and O–H groups in total. The number of aliphatic hydroxyl groups is 4. The third-order valence-corrected chi connectivity index (χ3v) is 10.1. The summed E-state index contributed by atoms with van der Waals surface area (Å²) in [4.78, 5) is 41.1. The molecule has 0 spiro atoms. The van der Waals surface area contributed by atoms with Gasteiger partial charge in [0, 0.05) is 17.8 Å². The summed E-state index contributed by atoms with van der Waals surface area (Å²) < 4.78 is 5.64. The van der Waals surface area contributed by atoms with Crippen molar-refractivity contribution >= 4 is 34.8 Å². The number of hydrogen-bond donors (Lipinski definition) is 5. The third-order valence-electron chi connectivity index (χ3n) is 10.1. The van der Waals surface area contributed by atoms with Gasteiger partial charge >= 0.3 is 0 Å². The van der Waals surface area contributed by atoms with Crippen LogP contribution in [0.5, 0.6) is 11.5 Å². The molecule has 5 atom stereocenters. The van der Waals surface area contributed by atoms with E-state index in [-0.39, 0.29) is 11.3 Å². The summed E-state index contributed by atoms with van der Waals surface area (Å²) in [7, 11) is 0. The molecular formula is C34H34O9. The zero-order chi connectivity index (χ0) is 31.4. The van der Waals surface area contributed by atoms with Crippen LogP contribution >= 0.6 is 0 Å². The molecule has 43 heavy (non-hydrogen) atoms. The Balaban J connectivity index is 1.73. The Labute approximate surface area is 248 Å². The number of aliphatic hydroxyl groups excluding tert-OH is 3. The lowest BCUT2D eigenvalue weighted by atomic mass is 9.41. The van der Waals surface area contributed by atoms with Crippen molar-refractivity contribution in [3.63, 3.8) is 0 Å². The van der Waals surface area contributed by atoms with Crippen LogP contribution in [0.2, 0.25) is 0 Å². The number of phenols is 1. The van der Waals surface area contributed by atoms with Crippen molar-refractivity contribution in [1.82, 2.24) is 0 Å². The highest BCUT2D eigenvalue weighted by Crippen LogP contribution is 2.67. The van der Waals surface area contributed by atoms with Gasteiger partial charge in [0.2, 0.25) is 5.78 Å². The second-order valence-corrected chi connectivity index (χ2v) is 12.7. The summed E-state index contributed by atoms with van der Waals surface area (Å²) in [6.45, 7) is 7.85. The van der Waals surface area contributed by atoms with E-state index in [1.54, 1.807) is 39.0 Å². The van der Waals surface area contributed by atoms with Gasteiger partial charge < -0.3 is 30.3 Å². The average Bonchev–Trinajstić information content (AvgIpc) is 3.40. The second kappa shape index (κ2) is 9.14. The number of phenolic OH excluding ortho intramolecular Hbond substituents is 1. The Morgan fingerprint density at radius 2 is 1.79 bits per heavy atom. The molecule has 224 valence electrons. The molecule has 4 aliphatic rings. The van der Waals surface area contributed by atoms with Crippen molar-refractivity contribution < 1.29 is 44.7 Å². The van der Waals surface area contributed by atoms with Crippen LogP contribution in [-0.4, -0.2) is 61.2 Å². The minimum Gasteiger partial charge on any atom is -0.508 e. The van der Waals surface area contributed by atoms with Gasteiger partial charge in [-0.3, -0.25) is 14.4 Å². The van der Waals surface area contributed by atoms with Crippen molar-refractivity contribution in [3.8, 4) is 11.5 Å². The van der Waals surface area contributed by atoms with Gasteiger partial charge in [-0.05, 0) is 60.2 Å². The predicted octanol–water partition coefficient (Wildman–Crippen LogP) is 4.09. The van der Waals surface area contributed by atoms with E-state index in [4.69, 9.17) is 4.74 Å². The van der Waals surface area contributed by atoms with Gasteiger partial charge in [0.15, 0.2) is 17.2 Å². The van der Waals surface area contributed by atoms with E-state index in [0.29, 0.717) is 29.7 Å². The highest BCUT2D eigenvalue weighted by Gasteiger charge is 2.76. The van der Waals surface area contributed by atoms with Gasteiger partial charge in [-0.25, -0.2) is 0 Å². The fourth-order valence-corrected chi connectivity index (χ4v) is 8.16. The molecule has 9 heteroatoms. The molecule has 0 saturated heterocycles. The van der Waals surface area contributed by atoms with Gasteiger partial charge in [-0.2, -0.15) is 0 Å². The van der Waals surface area contributed by atoms with E-state index in [0.717, 1.165) is 18.2 Å². The lowest BCUT2D eigenvalue weighted by molar-refractivity contribution is -0.207. The van der Waals surface area contributed by atoms with Gasteiger partial charge in [0.1, 0.15) is 28.6 Å². The summed E-state index contributed by atoms with van der Waals surface area (Å²) >= 11 is 0. The first kappa shape index (κ1) is 28.9. The molecule has 3 aliphatic carbocycles. The quantitative estimate of drug-likeness (QED) is 0.334. The number of ketones is 3. The van der Waals surface area contributed by atoms with Crippen molar-refractivity contribution in [2.45, 2.75) is 52.7 Å². The number of aromatic hydroxyl groups is 1. The van der Waals surface area contributed by atoms with Crippen LogP contribution in [0.15, 0.2) is 53.3 Å². The van der Waals surface area contributed by atoms with Crippen molar-refractivity contribution in [2.75, 3.05) is 6.61 Å². The van der Waals surface area contributed by atoms with E-state index in [9.17, 15) is 39.9 Å². The fourth-order valence-electron chi connectivity index (χ4n) is 8.16. The summed E-state index contributed by atoms with van der Waals surface area (Å²) in [6, 6.07) is 10.1. The lowest BCUT2D eigenvalue weighted by Gasteiger charge is -2.62. The molecule has 1 unspecified atom stereocenters. The van der Waals surface area contributed by atoms with Gasteiger partial charge in [0.25, 0.3) is 0 Å². The number of allylic oxidation sites excluding steroid dienone is 1. The minimum atomic E-state index is -2.95. The first-order chi connectivity index (χ1) is 20.1. The molecule has 1 aliphatic heterocycles. The zero-order valence-corrected chi connectivity index (χ0v) is 24.6. The Morgan fingerprint density at radius 1 is 1.09 bits per heavy atom. The van der Waals surface area contributed by atoms with E-state index in [1.165, 1.54) is 13.0 Å². The number of ether oxygens (including phenoxy) is 1. The molecule has 0 amide bonds. The lowest BCUT2D eigenvalue weighted by Crippen LogP contribution is -2.75. The van der Waals surface area contributed by atoms with Crippen LogP contribution in [0.1, 0.15) is 56.9 Å². The Bertz CT molecular complexity index is 1740. The molecular weight excluding hydrogens is 552 g/mol. The molecule has 0 aromatic heterocycles. The number of benzene rings is 2. The second-order valence-electron chi connectivity index (χ2n) is 12.7. The van der Waals surface area contributed by atoms with Crippen LogP contribution < -0.4 is 4.74 Å². The number of rotatable bonds is 3. The third kappa shape index (κ3) is 3.37. The Kier molecular flexibility index (Phi) is 6.14. The number of fused-ring (bicyclic) bond motifs is 4. The van der Waals surface area contributed by atoms with E-state index < -0.39 is 74.4 Å². The summed E-state index contributed by atoms with van der Waals surface area (Å²) in [5.41, 5.74) is -5.62. The van der Waals surface area contributed by atoms with Crippen LogP contribution in [-0.2, 0) is 20.8 Å². The van der Waals surface area contributed by atoms with Gasteiger partial charge in [-0.1, -0.05) is 45.0 Å².